The van der Waals surface area contributed by atoms with Gasteiger partial charge in [-0.15, -0.1) is 0 Å². The molecule has 0 aliphatic rings. The van der Waals surface area contributed by atoms with Crippen molar-refractivity contribution in [1.82, 2.24) is 0 Å². The molecule has 0 heterocycles. The average molecular weight is 320 g/mol. The smallest absolute Gasteiger partial charge is 0.146 e. The van der Waals surface area contributed by atoms with Gasteiger partial charge in [0.15, 0.2) is 0 Å². The predicted molar refractivity (Wildman–Crippen MR) is 84.6 cm³/mol. The molecule has 0 saturated carbocycles. The van der Waals surface area contributed by atoms with Crippen LogP contribution in [0.15, 0.2) is 53.7 Å². The van der Waals surface area contributed by atoms with E-state index < -0.39 is 11.7 Å². The maximum Gasteiger partial charge on any atom is 0.146 e. The monoisotopic (exact) mass is 319 g/mol. The first-order valence-electron chi connectivity index (χ1n) is 6.73. The summed E-state index contributed by atoms with van der Waals surface area (Å²) in [5, 5.41) is 4.05. The van der Waals surface area contributed by atoms with Crippen molar-refractivity contribution in [2.45, 2.75) is 19.4 Å². The third-order valence-electron chi connectivity index (χ3n) is 3.15. The molecule has 2 rings (SSSR count). The van der Waals surface area contributed by atoms with Crippen LogP contribution in [-0.2, 0) is 16.2 Å². The molecule has 0 fully saturated rings. The summed E-state index contributed by atoms with van der Waals surface area (Å²) >= 11 is 5.89. The maximum absolute atomic E-state index is 13.6. The molecular weight excluding hydrogens is 305 g/mol. The van der Waals surface area contributed by atoms with Crippen molar-refractivity contribution in [3.8, 4) is 0 Å². The molecule has 2 aromatic rings. The van der Waals surface area contributed by atoms with E-state index in [1.54, 1.807) is 6.07 Å². The van der Waals surface area contributed by atoms with Gasteiger partial charge in [-0.2, -0.15) is 0 Å². The summed E-state index contributed by atoms with van der Waals surface area (Å²) in [5.41, 5.74) is 1.06. The minimum absolute atomic E-state index is 0.0533. The number of rotatable bonds is 6. The Labute approximate surface area is 133 Å². The first-order chi connectivity index (χ1) is 10.6. The molecule has 1 atom stereocenters. The zero-order chi connectivity index (χ0) is 15.9. The summed E-state index contributed by atoms with van der Waals surface area (Å²) in [6, 6.07) is 13.6. The lowest BCUT2D eigenvalue weighted by Crippen LogP contribution is -2.10. The molecule has 0 N–H and O–H groups in total. The lowest BCUT2D eigenvalue weighted by molar-refractivity contribution is -0.117. The molecule has 0 aromatic heterocycles. The molecule has 0 saturated heterocycles. The van der Waals surface area contributed by atoms with Crippen LogP contribution in [0.1, 0.15) is 24.0 Å². The van der Waals surface area contributed by atoms with Gasteiger partial charge in [0, 0.05) is 5.56 Å². The highest BCUT2D eigenvalue weighted by molar-refractivity contribution is 6.31. The Bertz CT molecular complexity index is 653. The van der Waals surface area contributed by atoms with Crippen molar-refractivity contribution in [3.63, 3.8) is 0 Å². The van der Waals surface area contributed by atoms with Crippen LogP contribution in [0, 0.1) is 5.82 Å². The quantitative estimate of drug-likeness (QED) is 0.586. The normalized spacial score (nSPS) is 12.3. The number of Topliss-reactive ketones (excluding diaryl/α,β-unsaturated/α-hetero) is 1. The second-order valence-corrected chi connectivity index (χ2v) is 5.13. The molecule has 2 aromatic carbocycles. The highest BCUT2D eigenvalue weighted by Gasteiger charge is 2.14. The van der Waals surface area contributed by atoms with Gasteiger partial charge in [-0.25, -0.2) is 4.39 Å². The van der Waals surface area contributed by atoms with Crippen LogP contribution < -0.4 is 0 Å². The third kappa shape index (κ3) is 4.15. The molecule has 114 valence electrons. The average Bonchev–Trinajstić information content (AvgIpc) is 2.50. The molecule has 5 heteroatoms. The van der Waals surface area contributed by atoms with Crippen molar-refractivity contribution in [1.29, 1.82) is 0 Å². The molecule has 0 aliphatic carbocycles. The van der Waals surface area contributed by atoms with E-state index in [1.165, 1.54) is 25.3 Å². The molecule has 0 unspecified atom stereocenters. The Morgan fingerprint density at radius 3 is 2.64 bits per heavy atom. The summed E-state index contributed by atoms with van der Waals surface area (Å²) in [7, 11) is 0. The molecule has 3 nitrogen and oxygen atoms in total. The highest BCUT2D eigenvalue weighted by Crippen LogP contribution is 2.20. The summed E-state index contributed by atoms with van der Waals surface area (Å²) in [6.45, 7) is 1.39. The second-order valence-electron chi connectivity index (χ2n) is 4.73. The number of ketones is 1. The first kappa shape index (κ1) is 16.2. The fraction of sp³-hybridized carbons (Fsp3) is 0.176. The Kier molecular flexibility index (Phi) is 5.67. The molecule has 0 aliphatic heterocycles. The molecule has 22 heavy (non-hydrogen) atoms. The van der Waals surface area contributed by atoms with Crippen LogP contribution in [0.25, 0.3) is 0 Å². The maximum atomic E-state index is 13.6. The van der Waals surface area contributed by atoms with Crippen LogP contribution in [0.2, 0.25) is 5.02 Å². The van der Waals surface area contributed by atoms with Crippen molar-refractivity contribution in [2.24, 2.45) is 5.16 Å². The fourth-order valence-electron chi connectivity index (χ4n) is 1.96. The standard InChI is InChI=1S/C17H15ClFNO2/c1-12(21)14(13-6-3-2-4-7-13)10-20-22-11-15-16(18)8-5-9-17(15)19/h2-10,14H,11H2,1H3/b20-10-/t14-/m1/s1. The molecular formula is C17H15ClFNO2. The van der Waals surface area contributed by atoms with Crippen LogP contribution in [0.4, 0.5) is 4.39 Å². The van der Waals surface area contributed by atoms with Crippen molar-refractivity contribution in [3.05, 3.63) is 70.5 Å². The van der Waals surface area contributed by atoms with Gasteiger partial charge in [0.25, 0.3) is 0 Å². The zero-order valence-corrected chi connectivity index (χ0v) is 12.8. The minimum atomic E-state index is -0.489. The largest absolute Gasteiger partial charge is 0.391 e. The van der Waals surface area contributed by atoms with Crippen molar-refractivity contribution in [2.75, 3.05) is 0 Å². The number of hydrogen-bond donors (Lipinski definition) is 0. The lowest BCUT2D eigenvalue weighted by Gasteiger charge is -2.08. The summed E-state index contributed by atoms with van der Waals surface area (Å²) in [5.74, 6) is -0.992. The van der Waals surface area contributed by atoms with Crippen molar-refractivity contribution < 1.29 is 14.0 Å². The summed E-state index contributed by atoms with van der Waals surface area (Å²) in [4.78, 5) is 16.8. The fourth-order valence-corrected chi connectivity index (χ4v) is 2.18. The lowest BCUT2D eigenvalue weighted by atomic mass is 9.97. The van der Waals surface area contributed by atoms with Crippen LogP contribution >= 0.6 is 11.6 Å². The predicted octanol–water partition coefficient (Wildman–Crippen LogP) is 4.35. The van der Waals surface area contributed by atoms with Gasteiger partial charge >= 0.3 is 0 Å². The van der Waals surface area contributed by atoms with E-state index in [1.807, 2.05) is 30.3 Å². The molecule has 0 radical (unpaired) electrons. The third-order valence-corrected chi connectivity index (χ3v) is 3.51. The van der Waals surface area contributed by atoms with Crippen molar-refractivity contribution >= 4 is 23.6 Å². The number of carbonyl (C=O) groups excluding carboxylic acids is 1. The van der Waals surface area contributed by atoms with E-state index in [9.17, 15) is 9.18 Å². The van der Waals surface area contributed by atoms with Gasteiger partial charge in [0.05, 0.1) is 17.2 Å². The molecule has 0 spiro atoms. The first-order valence-corrected chi connectivity index (χ1v) is 7.11. The van der Waals surface area contributed by atoms with Gasteiger partial charge in [-0.3, -0.25) is 4.79 Å². The minimum Gasteiger partial charge on any atom is -0.391 e. The van der Waals surface area contributed by atoms with Gasteiger partial charge in [-0.1, -0.05) is 53.2 Å². The van der Waals surface area contributed by atoms with Crippen LogP contribution in [0.5, 0.6) is 0 Å². The number of nitrogens with zero attached hydrogens (tertiary/aromatic N) is 1. The van der Waals surface area contributed by atoms with E-state index in [2.05, 4.69) is 5.16 Å². The topological polar surface area (TPSA) is 38.7 Å². The van der Waals surface area contributed by atoms with Gasteiger partial charge in [-0.05, 0) is 24.6 Å². The van der Waals surface area contributed by atoms with Crippen LogP contribution in [0.3, 0.4) is 0 Å². The Morgan fingerprint density at radius 2 is 2.00 bits per heavy atom. The zero-order valence-electron chi connectivity index (χ0n) is 12.0. The summed E-state index contributed by atoms with van der Waals surface area (Å²) < 4.78 is 13.6. The highest BCUT2D eigenvalue weighted by atomic mass is 35.5. The number of hydrogen-bond acceptors (Lipinski definition) is 3. The SMILES string of the molecule is CC(=O)[C@@H](/C=N\OCc1c(F)cccc1Cl)c1ccccc1. The van der Waals surface area contributed by atoms with Gasteiger partial charge < -0.3 is 4.84 Å². The number of halogens is 2. The van der Waals surface area contributed by atoms with Gasteiger partial charge in [0.2, 0.25) is 0 Å². The Balaban J connectivity index is 2.03. The van der Waals surface area contributed by atoms with E-state index in [0.29, 0.717) is 0 Å². The second kappa shape index (κ2) is 7.71. The number of benzene rings is 2. The van der Waals surface area contributed by atoms with Crippen LogP contribution in [-0.4, -0.2) is 12.0 Å². The van der Waals surface area contributed by atoms with Gasteiger partial charge in [0.1, 0.15) is 18.2 Å². The Morgan fingerprint density at radius 1 is 1.27 bits per heavy atom. The number of carbonyl (C=O) groups is 1. The number of oxime groups is 1. The van der Waals surface area contributed by atoms with E-state index in [4.69, 9.17) is 16.4 Å². The molecule has 0 amide bonds. The summed E-state index contributed by atoms with van der Waals surface area (Å²) in [6.07, 6.45) is 1.41. The van der Waals surface area contributed by atoms with E-state index in [0.717, 1.165) is 5.56 Å². The van der Waals surface area contributed by atoms with E-state index in [-0.39, 0.29) is 23.0 Å². The van der Waals surface area contributed by atoms with E-state index >= 15 is 0 Å². The Hall–Kier alpha value is -2.20. The molecule has 0 bridgehead atoms.